The number of anilines is 1. The fraction of sp³-hybridized carbons (Fsp3) is 0.417. The van der Waals surface area contributed by atoms with Gasteiger partial charge in [-0.3, -0.25) is 4.90 Å². The molecule has 0 saturated carbocycles. The summed E-state index contributed by atoms with van der Waals surface area (Å²) in [5, 5.41) is 0. The first-order valence-corrected chi connectivity index (χ1v) is 5.66. The number of rotatable bonds is 4. The van der Waals surface area contributed by atoms with Crippen LogP contribution in [0.2, 0.25) is 0 Å². The highest BCUT2D eigenvalue weighted by atomic mass is 16.6. The van der Waals surface area contributed by atoms with Gasteiger partial charge in [0, 0.05) is 25.8 Å². The lowest BCUT2D eigenvalue weighted by atomic mass is 10.1. The minimum Gasteiger partial charge on any atom is -0.326 e. The van der Waals surface area contributed by atoms with Crippen molar-refractivity contribution in [3.63, 3.8) is 0 Å². The Morgan fingerprint density at radius 2 is 2.12 bits per heavy atom. The number of carbonyl (C=O) groups is 1. The molecule has 5 heteroatoms. The molecule has 1 aromatic rings. The molecule has 17 heavy (non-hydrogen) atoms. The Bertz CT molecular complexity index is 408. The third-order valence-corrected chi connectivity index (χ3v) is 2.99. The van der Waals surface area contributed by atoms with Gasteiger partial charge in [0.15, 0.2) is 0 Å². The van der Waals surface area contributed by atoms with Crippen LogP contribution in [0.1, 0.15) is 5.56 Å². The summed E-state index contributed by atoms with van der Waals surface area (Å²) in [6.07, 6.45) is 0.708. The Labute approximate surface area is 101 Å². The topological polar surface area (TPSA) is 58.8 Å². The number of urea groups is 1. The summed E-state index contributed by atoms with van der Waals surface area (Å²) in [5.74, 6) is 5.04. The van der Waals surface area contributed by atoms with Crippen LogP contribution in [0.25, 0.3) is 0 Å². The molecule has 0 bridgehead atoms. The Hall–Kier alpha value is -1.59. The first-order chi connectivity index (χ1) is 8.24. The lowest BCUT2D eigenvalue weighted by Crippen LogP contribution is -2.30. The van der Waals surface area contributed by atoms with Crippen LogP contribution in [0.3, 0.4) is 0 Å². The van der Waals surface area contributed by atoms with Gasteiger partial charge in [-0.2, -0.15) is 0 Å². The molecule has 0 radical (unpaired) electrons. The van der Waals surface area contributed by atoms with E-state index in [4.69, 9.17) is 5.90 Å². The van der Waals surface area contributed by atoms with Gasteiger partial charge in [-0.1, -0.05) is 18.2 Å². The molecule has 0 aromatic heterocycles. The number of likely N-dealkylation sites (N-methyl/N-ethyl adjacent to an activating group) is 1. The maximum absolute atomic E-state index is 11.9. The molecule has 0 spiro atoms. The summed E-state index contributed by atoms with van der Waals surface area (Å²) in [7, 11) is 1.81. The molecule has 0 unspecified atom stereocenters. The average Bonchev–Trinajstić information content (AvgIpc) is 2.68. The molecular weight excluding hydrogens is 218 g/mol. The molecule has 2 N–H and O–H groups in total. The van der Waals surface area contributed by atoms with Crippen molar-refractivity contribution in [2.75, 3.05) is 31.6 Å². The normalized spacial score (nSPS) is 15.8. The van der Waals surface area contributed by atoms with Gasteiger partial charge >= 0.3 is 6.03 Å². The van der Waals surface area contributed by atoms with Crippen LogP contribution in [0, 0.1) is 0 Å². The Morgan fingerprint density at radius 1 is 1.35 bits per heavy atom. The van der Waals surface area contributed by atoms with E-state index in [2.05, 4.69) is 4.84 Å². The zero-order valence-corrected chi connectivity index (χ0v) is 9.93. The maximum Gasteiger partial charge on any atom is 0.324 e. The van der Waals surface area contributed by atoms with Crippen LogP contribution in [0.5, 0.6) is 0 Å². The predicted octanol–water partition coefficient (Wildman–Crippen LogP) is 0.991. The van der Waals surface area contributed by atoms with E-state index in [0.29, 0.717) is 13.0 Å². The second-order valence-electron chi connectivity index (χ2n) is 4.11. The van der Waals surface area contributed by atoms with E-state index in [1.165, 1.54) is 0 Å². The number of hydrogen-bond donors (Lipinski definition) is 1. The van der Waals surface area contributed by atoms with Gasteiger partial charge in [-0.25, -0.2) is 10.7 Å². The number of nitrogens with two attached hydrogens (primary N) is 1. The van der Waals surface area contributed by atoms with Gasteiger partial charge in [-0.05, 0) is 18.1 Å². The fourth-order valence-corrected chi connectivity index (χ4v) is 2.03. The first kappa shape index (κ1) is 11.9. The SMILES string of the molecule is CN1CCN(c2ccccc2CCON)C1=O. The summed E-state index contributed by atoms with van der Waals surface area (Å²) in [6, 6.07) is 7.90. The average molecular weight is 235 g/mol. The molecule has 1 aromatic carbocycles. The standard InChI is InChI=1S/C12H17N3O2/c1-14-7-8-15(12(14)16)11-5-3-2-4-10(11)6-9-17-13/h2-5H,6-9,13H2,1H3. The van der Waals surface area contributed by atoms with Crippen molar-refractivity contribution in [3.8, 4) is 0 Å². The lowest BCUT2D eigenvalue weighted by molar-refractivity contribution is 0.141. The van der Waals surface area contributed by atoms with Crippen molar-refractivity contribution in [2.45, 2.75) is 6.42 Å². The third kappa shape index (κ3) is 2.40. The second-order valence-corrected chi connectivity index (χ2v) is 4.11. The first-order valence-electron chi connectivity index (χ1n) is 5.66. The van der Waals surface area contributed by atoms with Crippen molar-refractivity contribution < 1.29 is 9.63 Å². The van der Waals surface area contributed by atoms with E-state index in [1.54, 1.807) is 9.80 Å². The molecule has 92 valence electrons. The number of benzene rings is 1. The van der Waals surface area contributed by atoms with Gasteiger partial charge in [0.1, 0.15) is 0 Å². The summed E-state index contributed by atoms with van der Waals surface area (Å²) in [4.78, 5) is 20.0. The van der Waals surface area contributed by atoms with Gasteiger partial charge in [0.2, 0.25) is 0 Å². The maximum atomic E-state index is 11.9. The van der Waals surface area contributed by atoms with Gasteiger partial charge < -0.3 is 9.74 Å². The van der Waals surface area contributed by atoms with Crippen LogP contribution in [-0.2, 0) is 11.3 Å². The van der Waals surface area contributed by atoms with Crippen molar-refractivity contribution in [3.05, 3.63) is 29.8 Å². The second kappa shape index (κ2) is 5.16. The zero-order chi connectivity index (χ0) is 12.3. The molecule has 0 atom stereocenters. The van der Waals surface area contributed by atoms with Crippen molar-refractivity contribution in [1.82, 2.24) is 4.90 Å². The lowest BCUT2D eigenvalue weighted by Gasteiger charge is -2.19. The van der Waals surface area contributed by atoms with Gasteiger partial charge in [0.05, 0.1) is 6.61 Å². The zero-order valence-electron chi connectivity index (χ0n) is 9.93. The molecular formula is C12H17N3O2. The van der Waals surface area contributed by atoms with Gasteiger partial charge in [0.25, 0.3) is 0 Å². The van der Waals surface area contributed by atoms with Crippen LogP contribution in [0.4, 0.5) is 10.5 Å². The van der Waals surface area contributed by atoms with Crippen LogP contribution in [0.15, 0.2) is 24.3 Å². The van der Waals surface area contributed by atoms with E-state index >= 15 is 0 Å². The molecule has 1 heterocycles. The number of para-hydroxylation sites is 1. The summed E-state index contributed by atoms with van der Waals surface area (Å²) in [6.45, 7) is 1.95. The monoisotopic (exact) mass is 235 g/mol. The van der Waals surface area contributed by atoms with Crippen molar-refractivity contribution in [2.24, 2.45) is 5.90 Å². The number of hydrogen-bond acceptors (Lipinski definition) is 3. The molecule has 0 aliphatic carbocycles. The van der Waals surface area contributed by atoms with Crippen LogP contribution >= 0.6 is 0 Å². The summed E-state index contributed by atoms with van der Waals surface area (Å²) < 4.78 is 0. The highest BCUT2D eigenvalue weighted by Gasteiger charge is 2.27. The molecule has 1 saturated heterocycles. The summed E-state index contributed by atoms with van der Waals surface area (Å²) >= 11 is 0. The Balaban J connectivity index is 2.22. The molecule has 2 rings (SSSR count). The third-order valence-electron chi connectivity index (χ3n) is 2.99. The Morgan fingerprint density at radius 3 is 2.76 bits per heavy atom. The highest BCUT2D eigenvalue weighted by Crippen LogP contribution is 2.24. The Kier molecular flexibility index (Phi) is 3.61. The molecule has 1 aliphatic heterocycles. The minimum atomic E-state index is 0.0473. The van der Waals surface area contributed by atoms with Crippen molar-refractivity contribution in [1.29, 1.82) is 0 Å². The van der Waals surface area contributed by atoms with E-state index in [9.17, 15) is 4.79 Å². The smallest absolute Gasteiger partial charge is 0.324 e. The molecule has 5 nitrogen and oxygen atoms in total. The predicted molar refractivity (Wildman–Crippen MR) is 65.7 cm³/mol. The molecule has 2 amide bonds. The van der Waals surface area contributed by atoms with Gasteiger partial charge in [-0.15, -0.1) is 0 Å². The van der Waals surface area contributed by atoms with E-state index in [1.807, 2.05) is 31.3 Å². The quantitative estimate of drug-likeness (QED) is 0.792. The van der Waals surface area contributed by atoms with Crippen molar-refractivity contribution >= 4 is 11.7 Å². The summed E-state index contributed by atoms with van der Waals surface area (Å²) in [5.41, 5.74) is 2.04. The van der Waals surface area contributed by atoms with E-state index in [-0.39, 0.29) is 6.03 Å². The number of nitrogens with zero attached hydrogens (tertiary/aromatic N) is 2. The molecule has 1 fully saturated rings. The largest absolute Gasteiger partial charge is 0.326 e. The highest BCUT2D eigenvalue weighted by molar-refractivity contribution is 5.94. The molecule has 1 aliphatic rings. The fourth-order valence-electron chi connectivity index (χ4n) is 2.03. The van der Waals surface area contributed by atoms with Crippen LogP contribution in [-0.4, -0.2) is 37.7 Å². The minimum absolute atomic E-state index is 0.0473. The number of amides is 2. The van der Waals surface area contributed by atoms with E-state index < -0.39 is 0 Å². The van der Waals surface area contributed by atoms with Crippen LogP contribution < -0.4 is 10.8 Å². The van der Waals surface area contributed by atoms with E-state index in [0.717, 1.165) is 24.3 Å². The number of carbonyl (C=O) groups excluding carboxylic acids is 1.